The van der Waals surface area contributed by atoms with Crippen LogP contribution < -0.4 is 10.6 Å². The van der Waals surface area contributed by atoms with E-state index >= 15 is 0 Å². The van der Waals surface area contributed by atoms with Crippen LogP contribution in [0.5, 0.6) is 0 Å². The monoisotopic (exact) mass is 252 g/mol. The van der Waals surface area contributed by atoms with Gasteiger partial charge in [0.05, 0.1) is 11.9 Å². The number of rotatable bonds is 2. The van der Waals surface area contributed by atoms with Crippen molar-refractivity contribution in [2.24, 2.45) is 0 Å². The Bertz CT molecular complexity index is 582. The lowest BCUT2D eigenvalue weighted by molar-refractivity contribution is 0.262. The lowest BCUT2D eigenvalue weighted by Gasteiger charge is -2.07. The third-order valence-electron chi connectivity index (χ3n) is 2.25. The molecule has 0 aliphatic carbocycles. The number of hydrogen-bond acceptors (Lipinski definition) is 2. The molecular weight excluding hydrogens is 242 g/mol. The molecule has 0 unspecified atom stereocenters. The number of aromatic nitrogens is 2. The third-order valence-corrected chi connectivity index (χ3v) is 2.25. The van der Waals surface area contributed by atoms with E-state index in [0.29, 0.717) is 11.9 Å². The van der Waals surface area contributed by atoms with E-state index in [1.54, 1.807) is 6.92 Å². The summed E-state index contributed by atoms with van der Waals surface area (Å²) in [5, 5.41) is 11.0. The maximum Gasteiger partial charge on any atom is 0.324 e. The van der Waals surface area contributed by atoms with Crippen molar-refractivity contribution in [3.8, 4) is 0 Å². The predicted molar refractivity (Wildman–Crippen MR) is 62.3 cm³/mol. The molecule has 0 saturated heterocycles. The number of benzene rings is 1. The maximum atomic E-state index is 13.3. The molecule has 0 spiro atoms. The Hall–Kier alpha value is -2.44. The summed E-state index contributed by atoms with van der Waals surface area (Å²) in [6, 6.07) is 2.24. The van der Waals surface area contributed by atoms with E-state index in [1.807, 2.05) is 0 Å². The van der Waals surface area contributed by atoms with Gasteiger partial charge in [-0.25, -0.2) is 13.6 Å². The first-order valence-corrected chi connectivity index (χ1v) is 5.09. The number of amides is 2. The molecule has 0 atom stereocenters. The normalized spacial score (nSPS) is 10.2. The second kappa shape index (κ2) is 4.82. The van der Waals surface area contributed by atoms with Crippen LogP contribution in [0.2, 0.25) is 0 Å². The number of carbonyl (C=O) groups is 1. The SMILES string of the molecule is Cc1cn[nH]c1NC(=O)Nc1ccc(F)cc1F. The molecular formula is C11H10F2N4O. The molecule has 0 fully saturated rings. The van der Waals surface area contributed by atoms with E-state index in [9.17, 15) is 13.6 Å². The van der Waals surface area contributed by atoms with Crippen LogP contribution in [-0.2, 0) is 0 Å². The molecule has 0 aliphatic rings. The van der Waals surface area contributed by atoms with Crippen LogP contribution in [0.15, 0.2) is 24.4 Å². The van der Waals surface area contributed by atoms with Gasteiger partial charge in [-0.2, -0.15) is 5.10 Å². The fourth-order valence-corrected chi connectivity index (χ4v) is 1.33. The van der Waals surface area contributed by atoms with E-state index < -0.39 is 17.7 Å². The smallest absolute Gasteiger partial charge is 0.305 e. The summed E-state index contributed by atoms with van der Waals surface area (Å²) >= 11 is 0. The lowest BCUT2D eigenvalue weighted by atomic mass is 10.3. The van der Waals surface area contributed by atoms with E-state index in [2.05, 4.69) is 20.8 Å². The molecule has 94 valence electrons. The highest BCUT2D eigenvalue weighted by molar-refractivity contribution is 5.99. The van der Waals surface area contributed by atoms with Crippen LogP contribution in [-0.4, -0.2) is 16.2 Å². The minimum atomic E-state index is -0.841. The fourth-order valence-electron chi connectivity index (χ4n) is 1.33. The molecule has 2 amide bonds. The van der Waals surface area contributed by atoms with E-state index in [0.717, 1.165) is 17.7 Å². The number of carbonyl (C=O) groups excluding carboxylic acids is 1. The highest BCUT2D eigenvalue weighted by atomic mass is 19.1. The van der Waals surface area contributed by atoms with E-state index in [-0.39, 0.29) is 5.69 Å². The van der Waals surface area contributed by atoms with Crippen molar-refractivity contribution >= 4 is 17.5 Å². The quantitative estimate of drug-likeness (QED) is 0.769. The van der Waals surface area contributed by atoms with Gasteiger partial charge in [-0.1, -0.05) is 0 Å². The van der Waals surface area contributed by atoms with Crippen LogP contribution in [0.1, 0.15) is 5.56 Å². The van der Waals surface area contributed by atoms with Gasteiger partial charge in [0.1, 0.15) is 17.5 Å². The van der Waals surface area contributed by atoms with Crippen LogP contribution >= 0.6 is 0 Å². The number of aromatic amines is 1. The second-order valence-electron chi connectivity index (χ2n) is 3.63. The van der Waals surface area contributed by atoms with Crippen molar-refractivity contribution in [3.05, 3.63) is 41.6 Å². The second-order valence-corrected chi connectivity index (χ2v) is 3.63. The molecule has 0 saturated carbocycles. The Morgan fingerprint density at radius 3 is 2.72 bits per heavy atom. The molecule has 0 bridgehead atoms. The minimum Gasteiger partial charge on any atom is -0.305 e. The summed E-state index contributed by atoms with van der Waals surface area (Å²) in [4.78, 5) is 11.5. The van der Waals surface area contributed by atoms with Crippen LogP contribution in [0.25, 0.3) is 0 Å². The Kier molecular flexibility index (Phi) is 3.22. The molecule has 2 aromatic rings. The topological polar surface area (TPSA) is 69.8 Å². The van der Waals surface area contributed by atoms with Crippen LogP contribution in [0.3, 0.4) is 0 Å². The average Bonchev–Trinajstić information content (AvgIpc) is 2.69. The van der Waals surface area contributed by atoms with Crippen molar-refractivity contribution in [1.29, 1.82) is 0 Å². The van der Waals surface area contributed by atoms with Gasteiger partial charge >= 0.3 is 6.03 Å². The van der Waals surface area contributed by atoms with Gasteiger partial charge in [0.15, 0.2) is 0 Å². The summed E-state index contributed by atoms with van der Waals surface area (Å²) in [6.45, 7) is 1.75. The summed E-state index contributed by atoms with van der Waals surface area (Å²) in [5.74, 6) is -1.13. The zero-order valence-electron chi connectivity index (χ0n) is 9.42. The molecule has 1 aromatic heterocycles. The standard InChI is InChI=1S/C11H10F2N4O/c1-6-5-14-17-10(6)16-11(18)15-9-3-2-7(12)4-8(9)13/h2-5H,1H3,(H3,14,15,16,17,18). The van der Waals surface area contributed by atoms with Gasteiger partial charge in [-0.3, -0.25) is 10.4 Å². The zero-order chi connectivity index (χ0) is 13.1. The van der Waals surface area contributed by atoms with Gasteiger partial charge in [0, 0.05) is 11.6 Å². The summed E-state index contributed by atoms with van der Waals surface area (Å²) in [5.41, 5.74) is 0.635. The number of urea groups is 1. The summed E-state index contributed by atoms with van der Waals surface area (Å²) in [7, 11) is 0. The molecule has 0 radical (unpaired) electrons. The van der Waals surface area contributed by atoms with Gasteiger partial charge < -0.3 is 5.32 Å². The average molecular weight is 252 g/mol. The first-order valence-electron chi connectivity index (χ1n) is 5.09. The van der Waals surface area contributed by atoms with Crippen molar-refractivity contribution in [3.63, 3.8) is 0 Å². The Morgan fingerprint density at radius 2 is 2.11 bits per heavy atom. The molecule has 7 heteroatoms. The fraction of sp³-hybridized carbons (Fsp3) is 0.0909. The first kappa shape index (κ1) is 12.0. The number of anilines is 2. The molecule has 0 aliphatic heterocycles. The summed E-state index contributed by atoms with van der Waals surface area (Å²) < 4.78 is 25.9. The molecule has 5 nitrogen and oxygen atoms in total. The maximum absolute atomic E-state index is 13.3. The Morgan fingerprint density at radius 1 is 1.33 bits per heavy atom. The summed E-state index contributed by atoms with van der Waals surface area (Å²) in [6.07, 6.45) is 1.54. The van der Waals surface area contributed by atoms with Gasteiger partial charge in [0.2, 0.25) is 0 Å². The number of halogens is 2. The van der Waals surface area contributed by atoms with Crippen molar-refractivity contribution in [2.45, 2.75) is 6.92 Å². The number of nitrogens with one attached hydrogen (secondary N) is 3. The van der Waals surface area contributed by atoms with Crippen molar-refractivity contribution in [2.75, 3.05) is 10.6 Å². The Balaban J connectivity index is 2.05. The van der Waals surface area contributed by atoms with Gasteiger partial charge in [-0.05, 0) is 19.1 Å². The minimum absolute atomic E-state index is 0.105. The largest absolute Gasteiger partial charge is 0.324 e. The van der Waals surface area contributed by atoms with E-state index in [1.165, 1.54) is 6.20 Å². The number of hydrogen-bond donors (Lipinski definition) is 3. The Labute approximate surface area is 101 Å². The lowest BCUT2D eigenvalue weighted by Crippen LogP contribution is -2.20. The number of aryl methyl sites for hydroxylation is 1. The molecule has 2 rings (SSSR count). The van der Waals surface area contributed by atoms with Crippen LogP contribution in [0.4, 0.5) is 25.1 Å². The molecule has 1 aromatic carbocycles. The van der Waals surface area contributed by atoms with Gasteiger partial charge in [-0.15, -0.1) is 0 Å². The highest BCUT2D eigenvalue weighted by Crippen LogP contribution is 2.15. The molecule has 1 heterocycles. The van der Waals surface area contributed by atoms with Gasteiger partial charge in [0.25, 0.3) is 0 Å². The molecule has 3 N–H and O–H groups in total. The first-order chi connectivity index (χ1) is 8.56. The highest BCUT2D eigenvalue weighted by Gasteiger charge is 2.09. The number of H-pyrrole nitrogens is 1. The zero-order valence-corrected chi connectivity index (χ0v) is 9.42. The third kappa shape index (κ3) is 2.62. The number of nitrogens with zero attached hydrogens (tertiary/aromatic N) is 1. The van der Waals surface area contributed by atoms with E-state index in [4.69, 9.17) is 0 Å². The van der Waals surface area contributed by atoms with Crippen molar-refractivity contribution in [1.82, 2.24) is 10.2 Å². The predicted octanol–water partition coefficient (Wildman–Crippen LogP) is 2.64. The van der Waals surface area contributed by atoms with Crippen molar-refractivity contribution < 1.29 is 13.6 Å². The van der Waals surface area contributed by atoms with Crippen LogP contribution in [0, 0.1) is 18.6 Å². The molecule has 18 heavy (non-hydrogen) atoms.